The number of sulfonamides is 1. The number of piperidine rings is 1. The molecular formula is C20H24N2O3S2. The zero-order valence-corrected chi connectivity index (χ0v) is 17.0. The maximum atomic E-state index is 12.8. The molecular weight excluding hydrogens is 380 g/mol. The van der Waals surface area contributed by atoms with Crippen molar-refractivity contribution in [3.63, 3.8) is 0 Å². The summed E-state index contributed by atoms with van der Waals surface area (Å²) in [5.74, 6) is 0.270. The van der Waals surface area contributed by atoms with Crippen molar-refractivity contribution in [3.05, 3.63) is 52.9 Å². The Kier molecular flexibility index (Phi) is 4.86. The van der Waals surface area contributed by atoms with Crippen LogP contribution in [-0.2, 0) is 20.2 Å². The molecule has 144 valence electrons. The smallest absolute Gasteiger partial charge is 0.252 e. The van der Waals surface area contributed by atoms with E-state index < -0.39 is 10.0 Å². The van der Waals surface area contributed by atoms with Gasteiger partial charge >= 0.3 is 0 Å². The lowest BCUT2D eigenvalue weighted by molar-refractivity contribution is -0.121. The van der Waals surface area contributed by atoms with Crippen molar-refractivity contribution in [2.24, 2.45) is 0 Å². The van der Waals surface area contributed by atoms with E-state index in [4.69, 9.17) is 0 Å². The summed E-state index contributed by atoms with van der Waals surface area (Å²) < 4.78 is 27.7. The van der Waals surface area contributed by atoms with Gasteiger partial charge < -0.3 is 5.32 Å². The topological polar surface area (TPSA) is 66.5 Å². The fourth-order valence-corrected chi connectivity index (χ4v) is 7.29. The van der Waals surface area contributed by atoms with Crippen LogP contribution in [0.5, 0.6) is 0 Å². The van der Waals surface area contributed by atoms with Gasteiger partial charge in [-0.15, -0.1) is 11.3 Å². The van der Waals surface area contributed by atoms with Gasteiger partial charge in [0.05, 0.1) is 0 Å². The minimum Gasteiger partial charge on any atom is -0.359 e. The first-order chi connectivity index (χ1) is 13.0. The summed E-state index contributed by atoms with van der Waals surface area (Å²) in [5, 5.41) is 4.53. The molecule has 1 aromatic heterocycles. The lowest BCUT2D eigenvalue weighted by Crippen LogP contribution is -2.44. The van der Waals surface area contributed by atoms with Gasteiger partial charge in [-0.25, -0.2) is 8.42 Å². The molecule has 4 rings (SSSR count). The van der Waals surface area contributed by atoms with Crippen LogP contribution in [0.2, 0.25) is 0 Å². The summed E-state index contributed by atoms with van der Waals surface area (Å²) in [7, 11) is -1.72. The predicted octanol–water partition coefficient (Wildman–Crippen LogP) is 3.09. The molecule has 0 saturated carbocycles. The number of carbonyl (C=O) groups is 1. The average Bonchev–Trinajstić information content (AvgIpc) is 3.31. The van der Waals surface area contributed by atoms with Crippen LogP contribution < -0.4 is 5.32 Å². The molecule has 1 fully saturated rings. The summed E-state index contributed by atoms with van der Waals surface area (Å²) in [5.41, 5.74) is 2.55. The van der Waals surface area contributed by atoms with Gasteiger partial charge in [0.25, 0.3) is 10.0 Å². The van der Waals surface area contributed by atoms with E-state index in [1.165, 1.54) is 22.5 Å². The highest BCUT2D eigenvalue weighted by molar-refractivity contribution is 7.91. The number of carbonyl (C=O) groups excluding carboxylic acids is 1. The first-order valence-corrected chi connectivity index (χ1v) is 11.6. The molecule has 7 heteroatoms. The Morgan fingerprint density at radius 2 is 1.96 bits per heavy atom. The summed E-state index contributed by atoms with van der Waals surface area (Å²) in [4.78, 5) is 12.0. The Bertz CT molecular complexity index is 930. The molecule has 0 bridgehead atoms. The molecule has 27 heavy (non-hydrogen) atoms. The van der Waals surface area contributed by atoms with E-state index in [0.717, 1.165) is 19.3 Å². The van der Waals surface area contributed by atoms with E-state index in [0.29, 0.717) is 23.7 Å². The van der Waals surface area contributed by atoms with Crippen LogP contribution >= 0.6 is 11.3 Å². The second-order valence-electron chi connectivity index (χ2n) is 7.48. The molecule has 1 aliphatic carbocycles. The second-order valence-corrected chi connectivity index (χ2v) is 10.6. The van der Waals surface area contributed by atoms with Crippen molar-refractivity contribution in [1.82, 2.24) is 9.62 Å². The SMILES string of the molecule is CNC(=O)C[C@H]1CC2(CCN(S(=O)(=O)c3cccs3)CC2)c2ccccc21. The minimum atomic E-state index is -3.39. The summed E-state index contributed by atoms with van der Waals surface area (Å²) in [6.45, 7) is 1.06. The molecule has 5 nitrogen and oxygen atoms in total. The Labute approximate surface area is 164 Å². The highest BCUT2D eigenvalue weighted by Crippen LogP contribution is 2.53. The number of amides is 1. The van der Waals surface area contributed by atoms with Gasteiger partial charge in [0.1, 0.15) is 4.21 Å². The van der Waals surface area contributed by atoms with E-state index in [-0.39, 0.29) is 17.2 Å². The minimum absolute atomic E-state index is 0.0171. The number of fused-ring (bicyclic) bond motifs is 2. The number of thiophene rings is 1. The van der Waals surface area contributed by atoms with Gasteiger partial charge in [0.2, 0.25) is 5.91 Å². The van der Waals surface area contributed by atoms with Crippen LogP contribution in [0.15, 0.2) is 46.0 Å². The Morgan fingerprint density at radius 3 is 2.63 bits per heavy atom. The first kappa shape index (κ1) is 18.7. The highest BCUT2D eigenvalue weighted by atomic mass is 32.2. The van der Waals surface area contributed by atoms with Crippen molar-refractivity contribution in [2.75, 3.05) is 20.1 Å². The van der Waals surface area contributed by atoms with E-state index in [1.807, 2.05) is 6.07 Å². The summed E-state index contributed by atoms with van der Waals surface area (Å²) in [6, 6.07) is 11.8. The molecule has 1 amide bonds. The van der Waals surface area contributed by atoms with Crippen LogP contribution in [0, 0.1) is 0 Å². The van der Waals surface area contributed by atoms with Crippen LogP contribution in [0.4, 0.5) is 0 Å². The monoisotopic (exact) mass is 404 g/mol. The van der Waals surface area contributed by atoms with Crippen molar-refractivity contribution in [1.29, 1.82) is 0 Å². The van der Waals surface area contributed by atoms with Gasteiger partial charge in [0.15, 0.2) is 0 Å². The molecule has 1 saturated heterocycles. The number of benzene rings is 1. The quantitative estimate of drug-likeness (QED) is 0.852. The van der Waals surface area contributed by atoms with Crippen LogP contribution in [0.1, 0.15) is 42.7 Å². The van der Waals surface area contributed by atoms with Gasteiger partial charge in [-0.1, -0.05) is 30.3 Å². The summed E-state index contributed by atoms with van der Waals surface area (Å²) >= 11 is 1.27. The standard InChI is InChI=1S/C20H24N2O3S2/c1-21-18(23)13-15-14-20(17-6-3-2-5-16(15)17)8-10-22(11-9-20)27(24,25)19-7-4-12-26-19/h2-7,12,15H,8-11,13-14H2,1H3,(H,21,23)/t15-/m0/s1. The normalized spacial score (nSPS) is 21.9. The highest BCUT2D eigenvalue weighted by Gasteiger charge is 2.47. The van der Waals surface area contributed by atoms with Gasteiger partial charge in [-0.05, 0) is 53.2 Å². The molecule has 1 N–H and O–H groups in total. The maximum absolute atomic E-state index is 12.8. The molecule has 0 radical (unpaired) electrons. The lowest BCUT2D eigenvalue weighted by Gasteiger charge is -2.39. The second kappa shape index (κ2) is 7.04. The third kappa shape index (κ3) is 3.22. The molecule has 2 heterocycles. The Morgan fingerprint density at radius 1 is 1.22 bits per heavy atom. The van der Waals surface area contributed by atoms with Crippen molar-refractivity contribution >= 4 is 27.3 Å². The van der Waals surface area contributed by atoms with Crippen LogP contribution in [0.3, 0.4) is 0 Å². The molecule has 0 unspecified atom stereocenters. The van der Waals surface area contributed by atoms with E-state index in [1.54, 1.807) is 28.9 Å². The predicted molar refractivity (Wildman–Crippen MR) is 106 cm³/mol. The molecule has 2 aliphatic rings. The third-order valence-corrected chi connectivity index (χ3v) is 9.36. The first-order valence-electron chi connectivity index (χ1n) is 9.30. The van der Waals surface area contributed by atoms with Gasteiger partial charge in [0, 0.05) is 26.6 Å². The van der Waals surface area contributed by atoms with Crippen molar-refractivity contribution < 1.29 is 13.2 Å². The number of rotatable bonds is 4. The van der Waals surface area contributed by atoms with E-state index >= 15 is 0 Å². The van der Waals surface area contributed by atoms with Crippen molar-refractivity contribution in [3.8, 4) is 0 Å². The molecule has 2 aromatic rings. The van der Waals surface area contributed by atoms with E-state index in [2.05, 4.69) is 23.5 Å². The Hall–Kier alpha value is -1.70. The van der Waals surface area contributed by atoms with E-state index in [9.17, 15) is 13.2 Å². The third-order valence-electron chi connectivity index (χ3n) is 6.09. The van der Waals surface area contributed by atoms with Crippen LogP contribution in [0.25, 0.3) is 0 Å². The molecule has 1 aromatic carbocycles. The number of nitrogens with one attached hydrogen (secondary N) is 1. The Balaban J connectivity index is 1.57. The molecule has 1 spiro atoms. The molecule has 1 atom stereocenters. The summed E-state index contributed by atoms with van der Waals surface area (Å²) in [6.07, 6.45) is 3.02. The maximum Gasteiger partial charge on any atom is 0.252 e. The van der Waals surface area contributed by atoms with Gasteiger partial charge in [-0.2, -0.15) is 4.31 Å². The van der Waals surface area contributed by atoms with Gasteiger partial charge in [-0.3, -0.25) is 4.79 Å². The molecule has 1 aliphatic heterocycles. The fourth-order valence-electron chi connectivity index (χ4n) is 4.70. The van der Waals surface area contributed by atoms with Crippen molar-refractivity contribution in [2.45, 2.75) is 41.2 Å². The fraction of sp³-hybridized carbons (Fsp3) is 0.450. The number of hydrogen-bond donors (Lipinski definition) is 1. The number of hydrogen-bond acceptors (Lipinski definition) is 4. The zero-order valence-electron chi connectivity index (χ0n) is 15.3. The lowest BCUT2D eigenvalue weighted by atomic mass is 9.73. The zero-order chi connectivity index (χ0) is 19.1. The van der Waals surface area contributed by atoms with Crippen LogP contribution in [-0.4, -0.2) is 38.8 Å². The average molecular weight is 405 g/mol. The largest absolute Gasteiger partial charge is 0.359 e. The number of nitrogens with zero attached hydrogens (tertiary/aromatic N) is 1.